The lowest BCUT2D eigenvalue weighted by atomic mass is 9.96. The van der Waals surface area contributed by atoms with Crippen LogP contribution in [0.4, 0.5) is 18.3 Å². The van der Waals surface area contributed by atoms with Crippen molar-refractivity contribution in [3.63, 3.8) is 0 Å². The molecular weight excluding hydrogens is 525 g/mol. The molecule has 1 saturated heterocycles. The molecule has 0 bridgehead atoms. The first-order chi connectivity index (χ1) is 17.7. The third-order valence-corrected chi connectivity index (χ3v) is 9.17. The van der Waals surface area contributed by atoms with Gasteiger partial charge in [-0.05, 0) is 60.9 Å². The Kier molecular flexibility index (Phi) is 6.97. The summed E-state index contributed by atoms with van der Waals surface area (Å²) in [5.74, 6) is -3.07. The van der Waals surface area contributed by atoms with Gasteiger partial charge in [0.15, 0.2) is 5.13 Å². The first-order valence-corrected chi connectivity index (χ1v) is 13.7. The molecule has 2 aromatic carbocycles. The number of carbonyl (C=O) groups excluding carboxylic acids is 1. The molecule has 192 valence electrons. The van der Waals surface area contributed by atoms with Crippen LogP contribution in [0.25, 0.3) is 10.2 Å². The number of halogens is 3. The topological polar surface area (TPSA) is 83.5 Å². The first kappa shape index (κ1) is 25.3. The molecule has 4 aromatic rings. The molecule has 0 radical (unpaired) electrons. The van der Waals surface area contributed by atoms with E-state index in [0.717, 1.165) is 22.0 Å². The lowest BCUT2D eigenvalue weighted by Crippen LogP contribution is -2.44. The van der Waals surface area contributed by atoms with Crippen molar-refractivity contribution in [2.75, 3.05) is 18.0 Å². The Morgan fingerprint density at radius 2 is 1.78 bits per heavy atom. The highest BCUT2D eigenvalue weighted by atomic mass is 32.2. The normalized spacial score (nSPS) is 15.2. The molecule has 0 N–H and O–H groups in total. The average molecular weight is 547 g/mol. The predicted octanol–water partition coefficient (Wildman–Crippen LogP) is 4.74. The van der Waals surface area contributed by atoms with E-state index in [1.165, 1.54) is 28.4 Å². The summed E-state index contributed by atoms with van der Waals surface area (Å²) in [6, 6.07) is 10.1. The minimum atomic E-state index is -4.27. The third kappa shape index (κ3) is 5.22. The third-order valence-electron chi connectivity index (χ3n) is 6.21. The molecule has 0 aliphatic carbocycles. The summed E-state index contributed by atoms with van der Waals surface area (Å²) in [6.07, 6.45) is 3.64. The molecule has 0 spiro atoms. The number of fused-ring (bicyclic) bond motifs is 1. The minimum absolute atomic E-state index is 0.0273. The van der Waals surface area contributed by atoms with Gasteiger partial charge in [0.05, 0.1) is 16.8 Å². The van der Waals surface area contributed by atoms with E-state index in [-0.39, 0.29) is 38.4 Å². The van der Waals surface area contributed by atoms with E-state index in [1.807, 2.05) is 6.07 Å². The monoisotopic (exact) mass is 546 g/mol. The van der Waals surface area contributed by atoms with E-state index in [4.69, 9.17) is 0 Å². The van der Waals surface area contributed by atoms with E-state index in [9.17, 15) is 26.4 Å². The zero-order valence-corrected chi connectivity index (χ0v) is 21.0. The van der Waals surface area contributed by atoms with Gasteiger partial charge in [-0.25, -0.2) is 26.6 Å². The summed E-state index contributed by atoms with van der Waals surface area (Å²) in [5.41, 5.74) is 1.33. The molecule has 0 saturated carbocycles. The van der Waals surface area contributed by atoms with Gasteiger partial charge in [-0.15, -0.1) is 0 Å². The maximum absolute atomic E-state index is 14.2. The molecule has 1 aliphatic rings. The maximum atomic E-state index is 14.2. The Labute approximate surface area is 215 Å². The van der Waals surface area contributed by atoms with Crippen LogP contribution in [0.3, 0.4) is 0 Å². The minimum Gasteiger partial charge on any atom is -0.283 e. The summed E-state index contributed by atoms with van der Waals surface area (Å²) in [6.45, 7) is 0.128. The number of sulfonamides is 1. The number of hydrogen-bond donors (Lipinski definition) is 0. The van der Waals surface area contributed by atoms with E-state index in [1.54, 1.807) is 24.5 Å². The van der Waals surface area contributed by atoms with Crippen molar-refractivity contribution in [2.45, 2.75) is 24.3 Å². The molecule has 0 atom stereocenters. The number of pyridine rings is 1. The van der Waals surface area contributed by atoms with Gasteiger partial charge in [0.1, 0.15) is 22.3 Å². The zero-order valence-electron chi connectivity index (χ0n) is 19.4. The molecule has 1 amide bonds. The second-order valence-corrected chi connectivity index (χ2v) is 11.6. The fourth-order valence-electron chi connectivity index (χ4n) is 4.29. The van der Waals surface area contributed by atoms with Crippen molar-refractivity contribution in [2.24, 2.45) is 5.92 Å². The number of piperidine rings is 1. The standard InChI is InChI=1S/C25H21F3N4O3S2/c26-18-4-6-21-22(12-18)36-25(30-21)32(15-16-2-1-9-29-14-16)24(33)17-7-10-31(11-8-17)37(34,35)23-13-19(27)3-5-20(23)28/h1-6,9,12-14,17H,7-8,10-11,15H2. The number of anilines is 1. The highest BCUT2D eigenvalue weighted by Crippen LogP contribution is 2.33. The van der Waals surface area contributed by atoms with E-state index < -0.39 is 38.3 Å². The molecule has 1 aliphatic heterocycles. The van der Waals surface area contributed by atoms with Gasteiger partial charge in [-0.1, -0.05) is 17.4 Å². The van der Waals surface area contributed by atoms with Crippen LogP contribution in [0.5, 0.6) is 0 Å². The van der Waals surface area contributed by atoms with Crippen LogP contribution in [0.1, 0.15) is 18.4 Å². The Morgan fingerprint density at radius 3 is 2.51 bits per heavy atom. The van der Waals surface area contributed by atoms with Crippen molar-refractivity contribution in [3.8, 4) is 0 Å². The number of amides is 1. The lowest BCUT2D eigenvalue weighted by Gasteiger charge is -2.33. The average Bonchev–Trinajstić information content (AvgIpc) is 3.32. The number of benzene rings is 2. The van der Waals surface area contributed by atoms with Gasteiger partial charge in [-0.3, -0.25) is 14.7 Å². The molecule has 0 unspecified atom stereocenters. The number of thiazole rings is 1. The van der Waals surface area contributed by atoms with E-state index in [0.29, 0.717) is 21.4 Å². The molecule has 1 fully saturated rings. The van der Waals surface area contributed by atoms with Crippen LogP contribution in [-0.2, 0) is 21.4 Å². The molecule has 12 heteroatoms. The summed E-state index contributed by atoms with van der Waals surface area (Å²) in [5, 5.41) is 0.395. The smallest absolute Gasteiger partial charge is 0.246 e. The Bertz CT molecular complexity index is 1560. The highest BCUT2D eigenvalue weighted by molar-refractivity contribution is 7.89. The summed E-state index contributed by atoms with van der Waals surface area (Å²) in [7, 11) is -4.27. The van der Waals surface area contributed by atoms with Gasteiger partial charge in [0.25, 0.3) is 0 Å². The molecule has 37 heavy (non-hydrogen) atoms. The molecular formula is C25H21F3N4O3S2. The summed E-state index contributed by atoms with van der Waals surface area (Å²) in [4.78, 5) is 23.1. The predicted molar refractivity (Wildman–Crippen MR) is 133 cm³/mol. The van der Waals surface area contributed by atoms with Gasteiger partial charge in [0, 0.05) is 31.4 Å². The Balaban J connectivity index is 1.38. The fraction of sp³-hybridized carbons (Fsp3) is 0.240. The second kappa shape index (κ2) is 10.2. The van der Waals surface area contributed by atoms with Crippen molar-refractivity contribution in [3.05, 3.63) is 83.9 Å². The van der Waals surface area contributed by atoms with Gasteiger partial charge in [0.2, 0.25) is 15.9 Å². The van der Waals surface area contributed by atoms with Crippen molar-refractivity contribution < 1.29 is 26.4 Å². The van der Waals surface area contributed by atoms with Crippen LogP contribution in [0, 0.1) is 23.4 Å². The number of carbonyl (C=O) groups is 1. The largest absolute Gasteiger partial charge is 0.283 e. The van der Waals surface area contributed by atoms with Crippen molar-refractivity contribution in [1.29, 1.82) is 0 Å². The summed E-state index contributed by atoms with van der Waals surface area (Å²) >= 11 is 1.19. The number of nitrogens with zero attached hydrogens (tertiary/aromatic N) is 4. The van der Waals surface area contributed by atoms with Crippen LogP contribution >= 0.6 is 11.3 Å². The van der Waals surface area contributed by atoms with Crippen molar-refractivity contribution >= 4 is 42.6 Å². The quantitative estimate of drug-likeness (QED) is 0.349. The maximum Gasteiger partial charge on any atom is 0.246 e. The second-order valence-electron chi connectivity index (χ2n) is 8.65. The number of hydrogen-bond acceptors (Lipinski definition) is 6. The Morgan fingerprint density at radius 1 is 1.05 bits per heavy atom. The first-order valence-electron chi connectivity index (χ1n) is 11.4. The summed E-state index contributed by atoms with van der Waals surface area (Å²) < 4.78 is 69.1. The van der Waals surface area contributed by atoms with E-state index in [2.05, 4.69) is 9.97 Å². The number of aromatic nitrogens is 2. The van der Waals surface area contributed by atoms with Crippen LogP contribution in [0.15, 0.2) is 65.8 Å². The van der Waals surface area contributed by atoms with Crippen LogP contribution < -0.4 is 4.90 Å². The van der Waals surface area contributed by atoms with Gasteiger partial charge >= 0.3 is 0 Å². The molecule has 2 aromatic heterocycles. The molecule has 5 rings (SSSR count). The molecule has 3 heterocycles. The fourth-order valence-corrected chi connectivity index (χ4v) is 6.83. The molecule has 7 nitrogen and oxygen atoms in total. The van der Waals surface area contributed by atoms with Crippen molar-refractivity contribution in [1.82, 2.24) is 14.3 Å². The van der Waals surface area contributed by atoms with Gasteiger partial charge in [-0.2, -0.15) is 4.31 Å². The van der Waals surface area contributed by atoms with E-state index >= 15 is 0 Å². The SMILES string of the molecule is O=C(C1CCN(S(=O)(=O)c2cc(F)ccc2F)CC1)N(Cc1cccnc1)c1nc2ccc(F)cc2s1. The van der Waals surface area contributed by atoms with Crippen LogP contribution in [-0.4, -0.2) is 41.7 Å². The van der Waals surface area contributed by atoms with Crippen LogP contribution in [0.2, 0.25) is 0 Å². The highest BCUT2D eigenvalue weighted by Gasteiger charge is 2.36. The zero-order chi connectivity index (χ0) is 26.2. The number of rotatable bonds is 6. The van der Waals surface area contributed by atoms with Gasteiger partial charge < -0.3 is 0 Å². The lowest BCUT2D eigenvalue weighted by molar-refractivity contribution is -0.123. The Hall–Kier alpha value is -3.35.